The van der Waals surface area contributed by atoms with Crippen LogP contribution in [0.3, 0.4) is 0 Å². The Morgan fingerprint density at radius 2 is 1.87 bits per heavy atom. The van der Waals surface area contributed by atoms with Gasteiger partial charge in [-0.2, -0.15) is 5.26 Å². The molecule has 0 bridgehead atoms. The van der Waals surface area contributed by atoms with Crippen LogP contribution in [0, 0.1) is 11.3 Å². The SMILES string of the molecule is COC(=O)C1=C(C)NC(SCc2cccnc2)=C(C#N)C1c1ccc(C(=O)OC)cc1. The van der Waals surface area contributed by atoms with E-state index in [9.17, 15) is 14.9 Å². The second-order valence-corrected chi connectivity index (χ2v) is 7.69. The normalized spacial score (nSPS) is 15.7. The molecule has 1 aliphatic heterocycles. The zero-order valence-corrected chi connectivity index (χ0v) is 18.2. The third-order valence-corrected chi connectivity index (χ3v) is 5.91. The third-order valence-electron chi connectivity index (χ3n) is 4.82. The molecule has 0 fully saturated rings. The largest absolute Gasteiger partial charge is 0.466 e. The lowest BCUT2D eigenvalue weighted by Gasteiger charge is -2.29. The molecule has 7 nitrogen and oxygen atoms in total. The number of dihydropyridines is 1. The van der Waals surface area contributed by atoms with Gasteiger partial charge in [0, 0.05) is 23.8 Å². The Kier molecular flexibility index (Phi) is 7.11. The Hall–Kier alpha value is -3.57. The maximum absolute atomic E-state index is 12.6. The van der Waals surface area contributed by atoms with E-state index in [0.717, 1.165) is 5.56 Å². The predicted molar refractivity (Wildman–Crippen MR) is 117 cm³/mol. The molecule has 2 heterocycles. The van der Waals surface area contributed by atoms with Gasteiger partial charge in [0.25, 0.3) is 0 Å². The van der Waals surface area contributed by atoms with Crippen LogP contribution in [-0.4, -0.2) is 31.1 Å². The van der Waals surface area contributed by atoms with Crippen molar-refractivity contribution in [3.8, 4) is 6.07 Å². The Labute approximate surface area is 184 Å². The molecule has 0 saturated heterocycles. The second-order valence-electron chi connectivity index (χ2n) is 6.71. The molecule has 158 valence electrons. The van der Waals surface area contributed by atoms with Crippen LogP contribution in [0.25, 0.3) is 0 Å². The number of nitrogens with one attached hydrogen (secondary N) is 1. The molecule has 1 aliphatic rings. The van der Waals surface area contributed by atoms with Crippen LogP contribution in [-0.2, 0) is 20.0 Å². The van der Waals surface area contributed by atoms with E-state index in [-0.39, 0.29) is 0 Å². The summed E-state index contributed by atoms with van der Waals surface area (Å²) in [5, 5.41) is 13.9. The first-order valence-electron chi connectivity index (χ1n) is 9.40. The number of methoxy groups -OCH3 is 2. The lowest BCUT2D eigenvalue weighted by Crippen LogP contribution is -2.28. The maximum atomic E-state index is 12.6. The zero-order chi connectivity index (χ0) is 22.4. The maximum Gasteiger partial charge on any atom is 0.337 e. The number of thioether (sulfide) groups is 1. The average Bonchev–Trinajstić information content (AvgIpc) is 2.82. The van der Waals surface area contributed by atoms with Crippen molar-refractivity contribution < 1.29 is 19.1 Å². The smallest absolute Gasteiger partial charge is 0.337 e. The van der Waals surface area contributed by atoms with Crippen LogP contribution in [0.15, 0.2) is 70.7 Å². The Morgan fingerprint density at radius 3 is 2.45 bits per heavy atom. The first-order valence-corrected chi connectivity index (χ1v) is 10.4. The number of hydrogen-bond donors (Lipinski definition) is 1. The number of allylic oxidation sites excluding steroid dienone is 2. The van der Waals surface area contributed by atoms with Crippen molar-refractivity contribution in [2.75, 3.05) is 14.2 Å². The molecule has 0 spiro atoms. The monoisotopic (exact) mass is 435 g/mol. The summed E-state index contributed by atoms with van der Waals surface area (Å²) in [6, 6.07) is 12.8. The van der Waals surface area contributed by atoms with E-state index < -0.39 is 17.9 Å². The number of aromatic nitrogens is 1. The van der Waals surface area contributed by atoms with Crippen molar-refractivity contribution in [1.29, 1.82) is 5.26 Å². The summed E-state index contributed by atoms with van der Waals surface area (Å²) >= 11 is 1.46. The van der Waals surface area contributed by atoms with E-state index in [0.29, 0.717) is 38.8 Å². The fourth-order valence-corrected chi connectivity index (χ4v) is 4.33. The van der Waals surface area contributed by atoms with E-state index in [1.165, 1.54) is 26.0 Å². The number of benzene rings is 1. The van der Waals surface area contributed by atoms with Crippen LogP contribution in [0.2, 0.25) is 0 Å². The predicted octanol–water partition coefficient (Wildman–Crippen LogP) is 3.67. The standard InChI is InChI=1S/C23H21N3O4S/c1-14-19(23(28)30-3)20(16-6-8-17(9-7-16)22(27)29-2)18(11-24)21(26-14)31-13-15-5-4-10-25-12-15/h4-10,12,20,26H,13H2,1-3H3. The first-order chi connectivity index (χ1) is 15.0. The van der Waals surface area contributed by atoms with Crippen molar-refractivity contribution in [1.82, 2.24) is 10.3 Å². The highest BCUT2D eigenvalue weighted by atomic mass is 32.2. The molecule has 1 aromatic heterocycles. The van der Waals surface area contributed by atoms with Crippen molar-refractivity contribution in [3.05, 3.63) is 87.4 Å². The highest BCUT2D eigenvalue weighted by Crippen LogP contribution is 2.41. The number of nitrogens with zero attached hydrogens (tertiary/aromatic N) is 2. The molecule has 0 radical (unpaired) electrons. The second kappa shape index (κ2) is 9.96. The summed E-state index contributed by atoms with van der Waals surface area (Å²) < 4.78 is 9.74. The zero-order valence-electron chi connectivity index (χ0n) is 17.3. The van der Waals surface area contributed by atoms with E-state index in [4.69, 9.17) is 9.47 Å². The number of rotatable bonds is 6. The van der Waals surface area contributed by atoms with Crippen LogP contribution in [0.4, 0.5) is 0 Å². The first kappa shape index (κ1) is 22.1. The molecule has 0 saturated carbocycles. The van der Waals surface area contributed by atoms with Crippen molar-refractivity contribution >= 4 is 23.7 Å². The summed E-state index contributed by atoms with van der Waals surface area (Å²) in [5.74, 6) is -0.991. The van der Waals surface area contributed by atoms with Crippen LogP contribution in [0.1, 0.15) is 34.3 Å². The van der Waals surface area contributed by atoms with Gasteiger partial charge >= 0.3 is 11.9 Å². The number of hydrogen-bond acceptors (Lipinski definition) is 8. The lowest BCUT2D eigenvalue weighted by atomic mass is 9.82. The third kappa shape index (κ3) is 4.78. The molecule has 1 N–H and O–H groups in total. The molecule has 8 heteroatoms. The summed E-state index contributed by atoms with van der Waals surface area (Å²) in [6.07, 6.45) is 3.48. The summed E-state index contributed by atoms with van der Waals surface area (Å²) in [4.78, 5) is 28.5. The van der Waals surface area contributed by atoms with E-state index in [1.54, 1.807) is 43.6 Å². The van der Waals surface area contributed by atoms with Gasteiger partial charge in [-0.05, 0) is 36.2 Å². The Morgan fingerprint density at radius 1 is 1.16 bits per heavy atom. The number of ether oxygens (including phenoxy) is 2. The van der Waals surface area contributed by atoms with Gasteiger partial charge in [-0.15, -0.1) is 11.8 Å². The van der Waals surface area contributed by atoms with E-state index >= 15 is 0 Å². The topological polar surface area (TPSA) is 101 Å². The van der Waals surface area contributed by atoms with Crippen molar-refractivity contribution in [3.63, 3.8) is 0 Å². The lowest BCUT2D eigenvalue weighted by molar-refractivity contribution is -0.136. The van der Waals surface area contributed by atoms with Gasteiger partial charge in [0.15, 0.2) is 0 Å². The minimum Gasteiger partial charge on any atom is -0.466 e. The molecule has 1 unspecified atom stereocenters. The van der Waals surface area contributed by atoms with Gasteiger partial charge in [0.2, 0.25) is 0 Å². The summed E-state index contributed by atoms with van der Waals surface area (Å²) in [7, 11) is 2.62. The molecular weight excluding hydrogens is 414 g/mol. The summed E-state index contributed by atoms with van der Waals surface area (Å²) in [5.41, 5.74) is 3.47. The molecule has 3 rings (SSSR count). The van der Waals surface area contributed by atoms with Crippen LogP contribution >= 0.6 is 11.8 Å². The quantitative estimate of drug-likeness (QED) is 0.686. The molecule has 31 heavy (non-hydrogen) atoms. The van der Waals surface area contributed by atoms with Crippen molar-refractivity contribution in [2.24, 2.45) is 0 Å². The number of pyridine rings is 1. The van der Waals surface area contributed by atoms with Gasteiger partial charge < -0.3 is 14.8 Å². The Bertz CT molecular complexity index is 1090. The highest BCUT2D eigenvalue weighted by Gasteiger charge is 2.35. The number of carbonyl (C=O) groups is 2. The fourth-order valence-electron chi connectivity index (χ4n) is 3.31. The van der Waals surface area contributed by atoms with Gasteiger partial charge in [0.05, 0.1) is 47.9 Å². The number of esters is 2. The highest BCUT2D eigenvalue weighted by molar-refractivity contribution is 8.02. The minimum absolute atomic E-state index is 0.357. The number of nitriles is 1. The van der Waals surface area contributed by atoms with Crippen LogP contribution < -0.4 is 5.32 Å². The molecule has 1 atom stereocenters. The van der Waals surface area contributed by atoms with Crippen molar-refractivity contribution in [2.45, 2.75) is 18.6 Å². The average molecular weight is 436 g/mol. The van der Waals surface area contributed by atoms with Gasteiger partial charge in [-0.25, -0.2) is 9.59 Å². The summed E-state index contributed by atoms with van der Waals surface area (Å²) in [6.45, 7) is 1.78. The molecule has 2 aromatic rings. The molecule has 0 amide bonds. The molecule has 1 aromatic carbocycles. The fraction of sp³-hybridized carbons (Fsp3) is 0.217. The number of carbonyl (C=O) groups excluding carboxylic acids is 2. The Balaban J connectivity index is 2.03. The van der Waals surface area contributed by atoms with Gasteiger partial charge in [-0.3, -0.25) is 4.98 Å². The van der Waals surface area contributed by atoms with Crippen LogP contribution in [0.5, 0.6) is 0 Å². The van der Waals surface area contributed by atoms with Gasteiger partial charge in [0.1, 0.15) is 0 Å². The van der Waals surface area contributed by atoms with Gasteiger partial charge in [-0.1, -0.05) is 18.2 Å². The molecular formula is C23H21N3O4S. The van der Waals surface area contributed by atoms with E-state index in [2.05, 4.69) is 16.4 Å². The molecule has 0 aliphatic carbocycles. The van der Waals surface area contributed by atoms with E-state index in [1.807, 2.05) is 12.1 Å². The minimum atomic E-state index is -0.623.